The molecule has 0 aromatic heterocycles. The van der Waals surface area contributed by atoms with E-state index < -0.39 is 36.8 Å². The molecular weight excluding hydrogens is 345 g/mol. The summed E-state index contributed by atoms with van der Waals surface area (Å²) >= 11 is 0. The van der Waals surface area contributed by atoms with Crippen LogP contribution in [0.3, 0.4) is 0 Å². The SMILES string of the molecule is COC(C)(CC1CCCCC1)P(=O)(O)CC(=O)N1CCCC1C(=O)O. The molecule has 2 N–H and O–H groups in total. The average Bonchev–Trinajstić information content (AvgIpc) is 3.05. The highest BCUT2D eigenvalue weighted by Crippen LogP contribution is 2.58. The quantitative estimate of drug-likeness (QED) is 0.663. The summed E-state index contributed by atoms with van der Waals surface area (Å²) in [5.41, 5.74) is 0. The molecule has 1 aliphatic heterocycles. The molecule has 0 aromatic carbocycles. The van der Waals surface area contributed by atoms with Crippen molar-refractivity contribution in [3.05, 3.63) is 0 Å². The van der Waals surface area contributed by atoms with Crippen molar-refractivity contribution in [3.63, 3.8) is 0 Å². The lowest BCUT2D eigenvalue weighted by molar-refractivity contribution is -0.147. The van der Waals surface area contributed by atoms with Gasteiger partial charge < -0.3 is 19.6 Å². The number of rotatable bonds is 7. The Morgan fingerprint density at radius 2 is 1.84 bits per heavy atom. The van der Waals surface area contributed by atoms with Crippen molar-refractivity contribution in [1.82, 2.24) is 4.90 Å². The molecule has 2 rings (SSSR count). The number of methoxy groups -OCH3 is 1. The van der Waals surface area contributed by atoms with Crippen molar-refractivity contribution >= 4 is 19.2 Å². The van der Waals surface area contributed by atoms with Crippen LogP contribution in [0, 0.1) is 5.92 Å². The van der Waals surface area contributed by atoms with Crippen LogP contribution in [0.15, 0.2) is 0 Å². The van der Waals surface area contributed by atoms with E-state index in [0.29, 0.717) is 31.7 Å². The summed E-state index contributed by atoms with van der Waals surface area (Å²) < 4.78 is 18.5. The van der Waals surface area contributed by atoms with E-state index in [4.69, 9.17) is 4.74 Å². The van der Waals surface area contributed by atoms with Crippen molar-refractivity contribution in [2.45, 2.75) is 69.7 Å². The number of likely N-dealkylation sites (tertiary alicyclic amines) is 1. The minimum Gasteiger partial charge on any atom is -0.480 e. The Morgan fingerprint density at radius 1 is 1.20 bits per heavy atom. The molecule has 1 saturated carbocycles. The number of carboxylic acid groups (broad SMARTS) is 1. The largest absolute Gasteiger partial charge is 0.480 e. The zero-order valence-electron chi connectivity index (χ0n) is 15.1. The summed E-state index contributed by atoms with van der Waals surface area (Å²) in [6, 6.07) is -0.889. The molecule has 8 heteroatoms. The lowest BCUT2D eigenvalue weighted by atomic mass is 9.85. The Balaban J connectivity index is 2.07. The smallest absolute Gasteiger partial charge is 0.326 e. The van der Waals surface area contributed by atoms with E-state index in [1.54, 1.807) is 6.92 Å². The zero-order chi connectivity index (χ0) is 18.7. The minimum absolute atomic E-state index is 0.322. The van der Waals surface area contributed by atoms with Gasteiger partial charge >= 0.3 is 5.97 Å². The summed E-state index contributed by atoms with van der Waals surface area (Å²) in [6.07, 6.45) is 6.34. The molecule has 0 bridgehead atoms. The summed E-state index contributed by atoms with van der Waals surface area (Å²) in [7, 11) is -2.54. The van der Waals surface area contributed by atoms with Crippen LogP contribution in [0.1, 0.15) is 58.3 Å². The standard InChI is InChI=1S/C17H30NO6P/c1-17(24-2,11-13-7-4-3-5-8-13)25(22,23)12-15(19)18-10-6-9-14(18)16(20)21/h13-14H,3-12H2,1-2H3,(H,20,21)(H,22,23). The molecule has 2 fully saturated rings. The van der Waals surface area contributed by atoms with Gasteiger partial charge in [-0.25, -0.2) is 4.79 Å². The summed E-state index contributed by atoms with van der Waals surface area (Å²) in [5, 5.41) is 7.93. The fourth-order valence-corrected chi connectivity index (χ4v) is 5.77. The number of carbonyl (C=O) groups excluding carboxylic acids is 1. The molecule has 1 heterocycles. The third kappa shape index (κ3) is 4.63. The van der Waals surface area contributed by atoms with E-state index in [0.717, 1.165) is 25.7 Å². The van der Waals surface area contributed by atoms with Gasteiger partial charge in [-0.1, -0.05) is 32.1 Å². The monoisotopic (exact) mass is 375 g/mol. The van der Waals surface area contributed by atoms with Gasteiger partial charge in [0.15, 0.2) is 0 Å². The van der Waals surface area contributed by atoms with Gasteiger partial charge in [0.1, 0.15) is 17.5 Å². The van der Waals surface area contributed by atoms with Crippen molar-refractivity contribution < 1.29 is 28.9 Å². The first-order chi connectivity index (χ1) is 11.7. The van der Waals surface area contributed by atoms with E-state index >= 15 is 0 Å². The van der Waals surface area contributed by atoms with Crippen LogP contribution in [-0.2, 0) is 18.9 Å². The van der Waals surface area contributed by atoms with E-state index in [1.807, 2.05) is 0 Å². The van der Waals surface area contributed by atoms with Crippen LogP contribution in [-0.4, -0.2) is 58.0 Å². The van der Waals surface area contributed by atoms with Crippen LogP contribution in [0.5, 0.6) is 0 Å². The molecule has 1 saturated heterocycles. The molecule has 1 aliphatic carbocycles. The maximum absolute atomic E-state index is 13.0. The van der Waals surface area contributed by atoms with Gasteiger partial charge in [0, 0.05) is 13.7 Å². The highest BCUT2D eigenvalue weighted by molar-refractivity contribution is 7.60. The minimum atomic E-state index is -3.95. The summed E-state index contributed by atoms with van der Waals surface area (Å²) in [5.74, 6) is -1.30. The van der Waals surface area contributed by atoms with Gasteiger partial charge in [-0.3, -0.25) is 9.36 Å². The molecule has 0 spiro atoms. The number of carboxylic acids is 1. The number of hydrogen-bond donors (Lipinski definition) is 2. The molecule has 0 aromatic rings. The molecule has 3 atom stereocenters. The van der Waals surface area contributed by atoms with Crippen LogP contribution < -0.4 is 0 Å². The van der Waals surface area contributed by atoms with E-state index in [-0.39, 0.29) is 0 Å². The topological polar surface area (TPSA) is 104 Å². The van der Waals surface area contributed by atoms with Crippen molar-refractivity contribution in [2.75, 3.05) is 19.8 Å². The van der Waals surface area contributed by atoms with Gasteiger partial charge in [0.2, 0.25) is 13.3 Å². The molecule has 7 nitrogen and oxygen atoms in total. The highest BCUT2D eigenvalue weighted by atomic mass is 31.2. The summed E-state index contributed by atoms with van der Waals surface area (Å²) in [6.45, 7) is 1.93. The lowest BCUT2D eigenvalue weighted by Gasteiger charge is -2.37. The first-order valence-electron chi connectivity index (χ1n) is 9.09. The third-order valence-electron chi connectivity index (χ3n) is 5.78. The van der Waals surface area contributed by atoms with Gasteiger partial charge in [-0.15, -0.1) is 0 Å². The number of aliphatic carboxylic acids is 1. The van der Waals surface area contributed by atoms with Crippen molar-refractivity contribution in [2.24, 2.45) is 5.92 Å². The predicted octanol–water partition coefficient (Wildman–Crippen LogP) is 2.67. The van der Waals surface area contributed by atoms with Crippen LogP contribution in [0.25, 0.3) is 0 Å². The molecular formula is C17H30NO6P. The van der Waals surface area contributed by atoms with Gasteiger partial charge in [0.25, 0.3) is 0 Å². The number of amides is 1. The van der Waals surface area contributed by atoms with Gasteiger partial charge in [-0.2, -0.15) is 0 Å². The Hall–Kier alpha value is -0.910. The fourth-order valence-electron chi connectivity index (χ4n) is 4.06. The number of ether oxygens (including phenoxy) is 1. The normalized spacial score (nSPS) is 26.8. The van der Waals surface area contributed by atoms with Gasteiger partial charge in [0.05, 0.1) is 0 Å². The van der Waals surface area contributed by atoms with Crippen LogP contribution in [0.4, 0.5) is 0 Å². The van der Waals surface area contributed by atoms with E-state index in [2.05, 4.69) is 0 Å². The molecule has 1 amide bonds. The van der Waals surface area contributed by atoms with Crippen molar-refractivity contribution in [3.8, 4) is 0 Å². The Labute approximate surface area is 149 Å². The molecule has 144 valence electrons. The zero-order valence-corrected chi connectivity index (χ0v) is 16.0. The molecule has 3 unspecified atom stereocenters. The first kappa shape index (κ1) is 20.4. The maximum atomic E-state index is 13.0. The third-order valence-corrected chi connectivity index (χ3v) is 8.32. The predicted molar refractivity (Wildman–Crippen MR) is 93.7 cm³/mol. The van der Waals surface area contributed by atoms with Crippen LogP contribution in [0.2, 0.25) is 0 Å². The fraction of sp³-hybridized carbons (Fsp3) is 0.882. The number of carbonyl (C=O) groups is 2. The van der Waals surface area contributed by atoms with Crippen LogP contribution >= 0.6 is 7.37 Å². The lowest BCUT2D eigenvalue weighted by Crippen LogP contribution is -2.43. The van der Waals surface area contributed by atoms with Crippen molar-refractivity contribution in [1.29, 1.82) is 0 Å². The highest BCUT2D eigenvalue weighted by Gasteiger charge is 2.48. The van der Waals surface area contributed by atoms with E-state index in [9.17, 15) is 24.2 Å². The molecule has 0 radical (unpaired) electrons. The molecule has 2 aliphatic rings. The second-order valence-electron chi connectivity index (χ2n) is 7.53. The molecule has 25 heavy (non-hydrogen) atoms. The Kier molecular flexibility index (Phi) is 6.68. The first-order valence-corrected chi connectivity index (χ1v) is 10.9. The number of hydrogen-bond acceptors (Lipinski definition) is 4. The average molecular weight is 375 g/mol. The summed E-state index contributed by atoms with van der Waals surface area (Å²) in [4.78, 5) is 35.6. The number of nitrogens with zero attached hydrogens (tertiary/aromatic N) is 1. The Morgan fingerprint density at radius 3 is 2.40 bits per heavy atom. The second kappa shape index (κ2) is 8.19. The maximum Gasteiger partial charge on any atom is 0.326 e. The Bertz CT molecular complexity index is 547. The van der Waals surface area contributed by atoms with E-state index in [1.165, 1.54) is 18.4 Å². The second-order valence-corrected chi connectivity index (χ2v) is 10.2. The van der Waals surface area contributed by atoms with Gasteiger partial charge in [-0.05, 0) is 32.1 Å².